The van der Waals surface area contributed by atoms with E-state index in [1.807, 2.05) is 30.3 Å². The molecule has 6 heteroatoms. The number of fused-ring (bicyclic) bond motifs is 1. The minimum Gasteiger partial charge on any atom is -0.490 e. The molecule has 2 aromatic carbocycles. The molecule has 3 aromatic rings. The molecule has 1 aromatic heterocycles. The second-order valence-corrected chi connectivity index (χ2v) is 6.18. The van der Waals surface area contributed by atoms with E-state index in [1.54, 1.807) is 40.9 Å². The van der Waals surface area contributed by atoms with Crippen molar-refractivity contribution < 1.29 is 9.53 Å². The molecule has 0 saturated heterocycles. The Balaban J connectivity index is 1.69. The van der Waals surface area contributed by atoms with Gasteiger partial charge in [-0.2, -0.15) is 5.10 Å². The maximum atomic E-state index is 12.6. The molecule has 0 aliphatic carbocycles. The maximum absolute atomic E-state index is 12.6. The van der Waals surface area contributed by atoms with Crippen LogP contribution >= 0.6 is 0 Å². The van der Waals surface area contributed by atoms with E-state index < -0.39 is 0 Å². The van der Waals surface area contributed by atoms with Gasteiger partial charge in [-0.15, -0.1) is 0 Å². The molecular weight excluding hydrogens is 342 g/mol. The Morgan fingerprint density at radius 1 is 1.22 bits per heavy atom. The maximum Gasteiger partial charge on any atom is 0.244 e. The Morgan fingerprint density at radius 2 is 1.96 bits per heavy atom. The van der Waals surface area contributed by atoms with Gasteiger partial charge in [-0.25, -0.2) is 0 Å². The number of aromatic nitrogens is 2. The van der Waals surface area contributed by atoms with Gasteiger partial charge in [-0.05, 0) is 29.8 Å². The van der Waals surface area contributed by atoms with Gasteiger partial charge in [-0.3, -0.25) is 14.3 Å². The first-order valence-electron chi connectivity index (χ1n) is 8.60. The Labute approximate surface area is 157 Å². The van der Waals surface area contributed by atoms with E-state index in [9.17, 15) is 9.59 Å². The zero-order valence-corrected chi connectivity index (χ0v) is 15.2. The summed E-state index contributed by atoms with van der Waals surface area (Å²) in [5.74, 6) is 0.667. The third kappa shape index (κ3) is 4.41. The van der Waals surface area contributed by atoms with Crippen molar-refractivity contribution in [3.05, 3.63) is 83.2 Å². The van der Waals surface area contributed by atoms with Gasteiger partial charge in [0.05, 0.1) is 11.7 Å². The molecule has 0 atom stereocenters. The topological polar surface area (TPSA) is 64.4 Å². The number of nitrogens with zero attached hydrogens (tertiary/aromatic N) is 3. The highest BCUT2D eigenvalue weighted by Crippen LogP contribution is 2.14. The molecule has 0 saturated carbocycles. The molecule has 0 bridgehead atoms. The van der Waals surface area contributed by atoms with Crippen LogP contribution in [0, 0.1) is 0 Å². The van der Waals surface area contributed by atoms with Crippen molar-refractivity contribution in [2.24, 2.45) is 0 Å². The molecule has 0 radical (unpaired) electrons. The van der Waals surface area contributed by atoms with Crippen molar-refractivity contribution in [1.82, 2.24) is 14.7 Å². The highest BCUT2D eigenvalue weighted by atomic mass is 16.5. The zero-order valence-electron chi connectivity index (χ0n) is 15.2. The molecular formula is C21H21N3O3. The van der Waals surface area contributed by atoms with E-state index in [0.29, 0.717) is 24.1 Å². The monoisotopic (exact) mass is 363 g/mol. The van der Waals surface area contributed by atoms with Gasteiger partial charge < -0.3 is 9.64 Å². The fraction of sp³-hybridized carbons (Fsp3) is 0.190. The van der Waals surface area contributed by atoms with E-state index in [-0.39, 0.29) is 17.9 Å². The lowest BCUT2D eigenvalue weighted by molar-refractivity contribution is -0.131. The van der Waals surface area contributed by atoms with Gasteiger partial charge in [0.25, 0.3) is 0 Å². The van der Waals surface area contributed by atoms with Gasteiger partial charge in [0.2, 0.25) is 11.3 Å². The van der Waals surface area contributed by atoms with Crippen LogP contribution < -0.4 is 10.2 Å². The van der Waals surface area contributed by atoms with Crippen molar-refractivity contribution in [1.29, 1.82) is 0 Å². The number of rotatable bonds is 7. The fourth-order valence-electron chi connectivity index (χ4n) is 2.74. The Kier molecular flexibility index (Phi) is 5.66. The Bertz CT molecular complexity index is 1010. The first kappa shape index (κ1) is 18.4. The van der Waals surface area contributed by atoms with Crippen LogP contribution in [-0.2, 0) is 17.9 Å². The molecule has 0 fully saturated rings. The molecule has 0 aliphatic heterocycles. The summed E-state index contributed by atoms with van der Waals surface area (Å²) in [4.78, 5) is 26.1. The van der Waals surface area contributed by atoms with Crippen LogP contribution in [0.1, 0.15) is 5.56 Å². The van der Waals surface area contributed by atoms with E-state index in [0.717, 1.165) is 11.3 Å². The van der Waals surface area contributed by atoms with Gasteiger partial charge >= 0.3 is 0 Å². The van der Waals surface area contributed by atoms with E-state index in [2.05, 4.69) is 11.7 Å². The van der Waals surface area contributed by atoms with E-state index in [4.69, 9.17) is 4.74 Å². The summed E-state index contributed by atoms with van der Waals surface area (Å²) < 4.78 is 7.01. The standard InChI is InChI=1S/C21H21N3O3/c1-3-12-27-17-10-8-16(9-11-17)14-23(2)21(26)15-24-19-7-5-4-6-18(19)20(25)13-22-24/h3-11,13H,1,12,14-15H2,2H3. The third-order valence-electron chi connectivity index (χ3n) is 4.18. The number of hydrogen-bond acceptors (Lipinski definition) is 4. The van der Waals surface area contributed by atoms with Crippen LogP contribution in [0.3, 0.4) is 0 Å². The second kappa shape index (κ2) is 8.31. The lowest BCUT2D eigenvalue weighted by Crippen LogP contribution is -2.31. The van der Waals surface area contributed by atoms with Crippen molar-refractivity contribution >= 4 is 16.8 Å². The Hall–Kier alpha value is -3.41. The molecule has 0 N–H and O–H groups in total. The molecule has 1 amide bonds. The van der Waals surface area contributed by atoms with Gasteiger partial charge in [-0.1, -0.05) is 36.9 Å². The number of para-hydroxylation sites is 1. The average molecular weight is 363 g/mol. The molecule has 1 heterocycles. The van der Waals surface area contributed by atoms with Crippen LogP contribution in [0.4, 0.5) is 0 Å². The predicted octanol–water partition coefficient (Wildman–Crippen LogP) is 2.62. The Morgan fingerprint density at radius 3 is 2.70 bits per heavy atom. The quantitative estimate of drug-likeness (QED) is 0.606. The van der Waals surface area contributed by atoms with Crippen LogP contribution in [0.25, 0.3) is 10.9 Å². The highest BCUT2D eigenvalue weighted by Gasteiger charge is 2.12. The summed E-state index contributed by atoms with van der Waals surface area (Å²) in [6.45, 7) is 4.61. The molecule has 6 nitrogen and oxygen atoms in total. The molecule has 0 spiro atoms. The average Bonchev–Trinajstić information content (AvgIpc) is 2.69. The van der Waals surface area contributed by atoms with Crippen molar-refractivity contribution in [2.75, 3.05) is 13.7 Å². The largest absolute Gasteiger partial charge is 0.490 e. The fourth-order valence-corrected chi connectivity index (χ4v) is 2.74. The number of benzene rings is 2. The predicted molar refractivity (Wildman–Crippen MR) is 105 cm³/mol. The number of amides is 1. The van der Waals surface area contributed by atoms with Crippen LogP contribution in [0.2, 0.25) is 0 Å². The second-order valence-electron chi connectivity index (χ2n) is 6.18. The van der Waals surface area contributed by atoms with Crippen LogP contribution in [-0.4, -0.2) is 34.2 Å². The molecule has 0 aliphatic rings. The number of carbonyl (C=O) groups excluding carboxylic acids is 1. The summed E-state index contributed by atoms with van der Waals surface area (Å²) >= 11 is 0. The molecule has 138 valence electrons. The van der Waals surface area contributed by atoms with Crippen molar-refractivity contribution in [3.63, 3.8) is 0 Å². The van der Waals surface area contributed by atoms with E-state index in [1.165, 1.54) is 6.20 Å². The van der Waals surface area contributed by atoms with Crippen molar-refractivity contribution in [3.8, 4) is 5.75 Å². The highest BCUT2D eigenvalue weighted by molar-refractivity contribution is 5.81. The number of ether oxygens (including phenoxy) is 1. The lowest BCUT2D eigenvalue weighted by Gasteiger charge is -2.18. The van der Waals surface area contributed by atoms with Crippen LogP contribution in [0.15, 0.2) is 72.2 Å². The summed E-state index contributed by atoms with van der Waals surface area (Å²) in [5, 5.41) is 4.66. The summed E-state index contributed by atoms with van der Waals surface area (Å²) in [7, 11) is 1.75. The summed E-state index contributed by atoms with van der Waals surface area (Å²) in [6, 6.07) is 14.7. The van der Waals surface area contributed by atoms with Gasteiger partial charge in [0, 0.05) is 19.0 Å². The van der Waals surface area contributed by atoms with Gasteiger partial charge in [0.15, 0.2) is 0 Å². The lowest BCUT2D eigenvalue weighted by atomic mass is 10.2. The number of likely N-dealkylation sites (N-methyl/N-ethyl adjacent to an activating group) is 1. The first-order valence-corrected chi connectivity index (χ1v) is 8.60. The molecule has 27 heavy (non-hydrogen) atoms. The van der Waals surface area contributed by atoms with Crippen molar-refractivity contribution in [2.45, 2.75) is 13.1 Å². The van der Waals surface area contributed by atoms with Gasteiger partial charge in [0.1, 0.15) is 18.9 Å². The molecule has 3 rings (SSSR count). The molecule has 0 unspecified atom stereocenters. The first-order chi connectivity index (χ1) is 13.1. The SMILES string of the molecule is C=CCOc1ccc(CN(C)C(=O)Cn2ncc(=O)c3ccccc32)cc1. The number of carbonyl (C=O) groups is 1. The summed E-state index contributed by atoms with van der Waals surface area (Å²) in [5.41, 5.74) is 1.49. The summed E-state index contributed by atoms with van der Waals surface area (Å²) in [6.07, 6.45) is 2.94. The van der Waals surface area contributed by atoms with E-state index >= 15 is 0 Å². The normalized spacial score (nSPS) is 10.6. The minimum atomic E-state index is -0.151. The van der Waals surface area contributed by atoms with Crippen LogP contribution in [0.5, 0.6) is 5.75 Å². The minimum absolute atomic E-state index is 0.0673. The third-order valence-corrected chi connectivity index (χ3v) is 4.18. The zero-order chi connectivity index (χ0) is 19.2. The number of hydrogen-bond donors (Lipinski definition) is 0. The smallest absolute Gasteiger partial charge is 0.244 e.